The fourth-order valence-electron chi connectivity index (χ4n) is 0.746. The first kappa shape index (κ1) is 15.3. The third kappa shape index (κ3) is 11.4. The molecule has 0 fully saturated rings. The molecule has 0 saturated carbocycles. The van der Waals surface area contributed by atoms with E-state index >= 15 is 0 Å². The predicted octanol–water partition coefficient (Wildman–Crippen LogP) is 2.81. The average Bonchev–Trinajstić information content (AvgIpc) is 2.21. The highest BCUT2D eigenvalue weighted by molar-refractivity contribution is 8.04. The van der Waals surface area contributed by atoms with Gasteiger partial charge < -0.3 is 5.11 Å². The van der Waals surface area contributed by atoms with Gasteiger partial charge in [0.2, 0.25) is 0 Å². The molecule has 5 heteroatoms. The van der Waals surface area contributed by atoms with Crippen LogP contribution in [0, 0.1) is 0 Å². The van der Waals surface area contributed by atoms with Crippen LogP contribution >= 0.6 is 46.9 Å². The number of aliphatic hydroxyl groups is 1. The number of aliphatic hydroxyl groups excluding tert-OH is 1. The Kier molecular flexibility index (Phi) is 13.5. The van der Waals surface area contributed by atoms with E-state index in [1.165, 1.54) is 23.0 Å². The number of thioether (sulfide) groups is 3. The third-order valence-electron chi connectivity index (χ3n) is 1.44. The van der Waals surface area contributed by atoms with E-state index in [2.05, 4.69) is 6.92 Å². The molecule has 14 heavy (non-hydrogen) atoms. The highest BCUT2D eigenvalue weighted by Crippen LogP contribution is 2.10. The molecule has 1 N–H and O–H groups in total. The maximum Gasteiger partial charge on any atom is 0.0765 e. The second kappa shape index (κ2) is 12.4. The van der Waals surface area contributed by atoms with Gasteiger partial charge in [0.1, 0.15) is 0 Å². The monoisotopic (exact) mass is 274 g/mol. The van der Waals surface area contributed by atoms with Crippen molar-refractivity contribution in [2.45, 2.75) is 13.0 Å². The second-order valence-corrected chi connectivity index (χ2v) is 6.77. The van der Waals surface area contributed by atoms with Crippen molar-refractivity contribution >= 4 is 46.9 Å². The van der Waals surface area contributed by atoms with E-state index in [0.29, 0.717) is 5.88 Å². The zero-order valence-electron chi connectivity index (χ0n) is 8.58. The van der Waals surface area contributed by atoms with Crippen LogP contribution in [0.15, 0.2) is 0 Å². The Morgan fingerprint density at radius 3 is 2.21 bits per heavy atom. The van der Waals surface area contributed by atoms with Gasteiger partial charge in [0.25, 0.3) is 0 Å². The fraction of sp³-hybridized carbons (Fsp3) is 1.00. The number of halogens is 1. The van der Waals surface area contributed by atoms with Crippen LogP contribution in [0.2, 0.25) is 0 Å². The first-order chi connectivity index (χ1) is 6.81. The van der Waals surface area contributed by atoms with Crippen molar-refractivity contribution in [3.8, 4) is 0 Å². The van der Waals surface area contributed by atoms with E-state index in [-0.39, 0.29) is 6.10 Å². The number of hydrogen-bond donors (Lipinski definition) is 1. The molecule has 1 unspecified atom stereocenters. The van der Waals surface area contributed by atoms with Crippen molar-refractivity contribution in [1.29, 1.82) is 0 Å². The van der Waals surface area contributed by atoms with Gasteiger partial charge in [-0.05, 0) is 5.75 Å². The summed E-state index contributed by atoms with van der Waals surface area (Å²) < 4.78 is 0. The lowest BCUT2D eigenvalue weighted by Gasteiger charge is -2.05. The molecule has 0 radical (unpaired) electrons. The van der Waals surface area contributed by atoms with Gasteiger partial charge in [-0.25, -0.2) is 0 Å². The molecule has 0 saturated heterocycles. The molecule has 0 aromatic heterocycles. The van der Waals surface area contributed by atoms with E-state index < -0.39 is 0 Å². The summed E-state index contributed by atoms with van der Waals surface area (Å²) in [6, 6.07) is 0. The molecule has 0 heterocycles. The van der Waals surface area contributed by atoms with Gasteiger partial charge in [-0.1, -0.05) is 6.92 Å². The van der Waals surface area contributed by atoms with Crippen molar-refractivity contribution in [3.63, 3.8) is 0 Å². The van der Waals surface area contributed by atoms with Gasteiger partial charge in [0.15, 0.2) is 0 Å². The Labute approximate surface area is 105 Å². The van der Waals surface area contributed by atoms with Crippen LogP contribution in [0.25, 0.3) is 0 Å². The van der Waals surface area contributed by atoms with E-state index in [4.69, 9.17) is 16.7 Å². The van der Waals surface area contributed by atoms with Crippen molar-refractivity contribution in [1.82, 2.24) is 0 Å². The maximum absolute atomic E-state index is 9.17. The predicted molar refractivity (Wildman–Crippen MR) is 74.4 cm³/mol. The summed E-state index contributed by atoms with van der Waals surface area (Å²) in [5.74, 6) is 7.16. The number of rotatable bonds is 10. The average molecular weight is 275 g/mol. The van der Waals surface area contributed by atoms with Crippen LogP contribution in [0.4, 0.5) is 0 Å². The summed E-state index contributed by atoms with van der Waals surface area (Å²) in [6.07, 6.45) is -0.331. The molecule has 1 atom stereocenters. The Morgan fingerprint density at radius 2 is 1.64 bits per heavy atom. The molecule has 86 valence electrons. The van der Waals surface area contributed by atoms with Crippen molar-refractivity contribution in [2.75, 3.05) is 40.4 Å². The minimum atomic E-state index is -0.331. The first-order valence-electron chi connectivity index (χ1n) is 4.78. The molecule has 0 aliphatic heterocycles. The second-order valence-electron chi connectivity index (χ2n) is 2.69. The van der Waals surface area contributed by atoms with Crippen LogP contribution in [-0.2, 0) is 0 Å². The van der Waals surface area contributed by atoms with Gasteiger partial charge >= 0.3 is 0 Å². The van der Waals surface area contributed by atoms with Gasteiger partial charge in [-0.3, -0.25) is 0 Å². The molecule has 0 rings (SSSR count). The summed E-state index contributed by atoms with van der Waals surface area (Å²) in [5.41, 5.74) is 0. The van der Waals surface area contributed by atoms with Gasteiger partial charge in [0.05, 0.1) is 6.10 Å². The lowest BCUT2D eigenvalue weighted by Crippen LogP contribution is -2.11. The van der Waals surface area contributed by atoms with Gasteiger partial charge in [-0.15, -0.1) is 11.6 Å². The molecule has 0 spiro atoms. The molecular formula is C9H19ClOS3. The van der Waals surface area contributed by atoms with E-state index in [1.54, 1.807) is 11.8 Å². The summed E-state index contributed by atoms with van der Waals surface area (Å²) in [4.78, 5) is 0. The van der Waals surface area contributed by atoms with Crippen molar-refractivity contribution in [2.24, 2.45) is 0 Å². The summed E-state index contributed by atoms with van der Waals surface area (Å²) in [7, 11) is 0. The van der Waals surface area contributed by atoms with Gasteiger partial charge in [-0.2, -0.15) is 35.3 Å². The maximum atomic E-state index is 9.17. The Morgan fingerprint density at radius 1 is 1.07 bits per heavy atom. The molecule has 0 bridgehead atoms. The molecular weight excluding hydrogens is 256 g/mol. The zero-order valence-corrected chi connectivity index (χ0v) is 11.8. The zero-order chi connectivity index (χ0) is 10.6. The molecule has 0 aromatic carbocycles. The largest absolute Gasteiger partial charge is 0.391 e. The standard InChI is InChI=1S/C9H19ClOS3/c1-2-12-3-4-13-5-6-14-8-9(11)7-10/h9,11H,2-8H2,1H3. The number of alkyl halides is 1. The third-order valence-corrected chi connectivity index (χ3v) is 5.31. The molecule has 0 aromatic rings. The van der Waals surface area contributed by atoms with Crippen LogP contribution in [0.5, 0.6) is 0 Å². The quantitative estimate of drug-likeness (QED) is 0.488. The van der Waals surface area contributed by atoms with Crippen LogP contribution in [0.1, 0.15) is 6.92 Å². The van der Waals surface area contributed by atoms with E-state index in [0.717, 1.165) is 11.5 Å². The smallest absolute Gasteiger partial charge is 0.0765 e. The molecule has 0 aliphatic carbocycles. The highest BCUT2D eigenvalue weighted by atomic mass is 35.5. The summed E-state index contributed by atoms with van der Waals surface area (Å²) in [6.45, 7) is 2.19. The lowest BCUT2D eigenvalue weighted by molar-refractivity contribution is 0.224. The first-order valence-corrected chi connectivity index (χ1v) is 8.78. The molecule has 0 aliphatic rings. The Hall–Kier alpha value is 1.30. The van der Waals surface area contributed by atoms with Crippen molar-refractivity contribution in [3.05, 3.63) is 0 Å². The van der Waals surface area contributed by atoms with Crippen LogP contribution in [0.3, 0.4) is 0 Å². The normalized spacial score (nSPS) is 13.1. The fourth-order valence-corrected chi connectivity index (χ4v) is 3.92. The highest BCUT2D eigenvalue weighted by Gasteiger charge is 2.00. The summed E-state index contributed by atoms with van der Waals surface area (Å²) in [5, 5.41) is 9.17. The lowest BCUT2D eigenvalue weighted by atomic mass is 10.5. The van der Waals surface area contributed by atoms with E-state index in [9.17, 15) is 0 Å². The SMILES string of the molecule is CCSCCSCCSCC(O)CCl. The van der Waals surface area contributed by atoms with Crippen LogP contribution < -0.4 is 0 Å². The molecule has 0 amide bonds. The Bertz CT molecular complexity index is 116. The van der Waals surface area contributed by atoms with E-state index in [1.807, 2.05) is 23.5 Å². The minimum Gasteiger partial charge on any atom is -0.391 e. The number of hydrogen-bond acceptors (Lipinski definition) is 4. The summed E-state index contributed by atoms with van der Waals surface area (Å²) >= 11 is 11.3. The topological polar surface area (TPSA) is 20.2 Å². The Balaban J connectivity index is 2.92. The van der Waals surface area contributed by atoms with Gasteiger partial charge in [0, 0.05) is 34.6 Å². The molecule has 1 nitrogen and oxygen atoms in total. The minimum absolute atomic E-state index is 0.331. The van der Waals surface area contributed by atoms with Crippen LogP contribution in [-0.4, -0.2) is 51.6 Å². The van der Waals surface area contributed by atoms with Crippen molar-refractivity contribution < 1.29 is 5.11 Å².